The molecule has 0 unspecified atom stereocenters. The molecular formula is C14H14N2O4. The zero-order chi connectivity index (χ0) is 15.0. The van der Waals surface area contributed by atoms with Crippen LogP contribution in [0.4, 0.5) is 5.69 Å². The van der Waals surface area contributed by atoms with Crippen molar-refractivity contribution in [2.75, 3.05) is 19.0 Å². The summed E-state index contributed by atoms with van der Waals surface area (Å²) in [6.45, 7) is 1.82. The van der Waals surface area contributed by atoms with Gasteiger partial charge in [-0.15, -0.1) is 0 Å². The molecule has 0 aromatic heterocycles. The van der Waals surface area contributed by atoms with E-state index in [1.54, 1.807) is 37.3 Å². The zero-order valence-corrected chi connectivity index (χ0v) is 11.2. The summed E-state index contributed by atoms with van der Waals surface area (Å²) < 4.78 is 9.36. The number of rotatable bonds is 5. The van der Waals surface area contributed by atoms with Gasteiger partial charge in [-0.1, -0.05) is 12.1 Å². The molecule has 0 aliphatic carbocycles. The van der Waals surface area contributed by atoms with Gasteiger partial charge in [-0.05, 0) is 19.1 Å². The monoisotopic (exact) mass is 274 g/mol. The van der Waals surface area contributed by atoms with E-state index in [-0.39, 0.29) is 12.2 Å². The van der Waals surface area contributed by atoms with E-state index < -0.39 is 11.9 Å². The van der Waals surface area contributed by atoms with Gasteiger partial charge in [-0.25, -0.2) is 9.59 Å². The van der Waals surface area contributed by atoms with Gasteiger partial charge in [-0.3, -0.25) is 0 Å². The second kappa shape index (κ2) is 7.59. The Morgan fingerprint density at radius 3 is 2.70 bits per heavy atom. The predicted molar refractivity (Wildman–Crippen MR) is 71.7 cm³/mol. The molecule has 0 saturated heterocycles. The molecule has 6 heteroatoms. The summed E-state index contributed by atoms with van der Waals surface area (Å²) in [5.41, 5.74) is 0.537. The summed E-state index contributed by atoms with van der Waals surface area (Å²) in [7, 11) is 1.27. The lowest BCUT2D eigenvalue weighted by Crippen LogP contribution is -2.09. The number of hydrogen-bond acceptors (Lipinski definition) is 6. The third-order valence-corrected chi connectivity index (χ3v) is 2.32. The summed E-state index contributed by atoms with van der Waals surface area (Å²) in [6.07, 6.45) is 1.19. The van der Waals surface area contributed by atoms with E-state index in [0.717, 1.165) is 0 Å². The summed E-state index contributed by atoms with van der Waals surface area (Å²) in [6, 6.07) is 8.31. The number of carbonyl (C=O) groups is 2. The quantitative estimate of drug-likeness (QED) is 0.501. The van der Waals surface area contributed by atoms with Crippen molar-refractivity contribution < 1.29 is 19.1 Å². The van der Waals surface area contributed by atoms with E-state index in [9.17, 15) is 9.59 Å². The van der Waals surface area contributed by atoms with Crippen molar-refractivity contribution in [3.63, 3.8) is 0 Å². The molecule has 0 fully saturated rings. The second-order valence-electron chi connectivity index (χ2n) is 3.57. The Morgan fingerprint density at radius 2 is 2.10 bits per heavy atom. The summed E-state index contributed by atoms with van der Waals surface area (Å²) >= 11 is 0. The van der Waals surface area contributed by atoms with Crippen molar-refractivity contribution in [3.05, 3.63) is 41.6 Å². The topological polar surface area (TPSA) is 88.4 Å². The maximum atomic E-state index is 11.5. The fourth-order valence-corrected chi connectivity index (χ4v) is 1.39. The highest BCUT2D eigenvalue weighted by Gasteiger charge is 2.12. The molecule has 6 nitrogen and oxygen atoms in total. The Hall–Kier alpha value is -2.81. The van der Waals surface area contributed by atoms with Crippen molar-refractivity contribution in [1.29, 1.82) is 5.26 Å². The minimum atomic E-state index is -0.724. The van der Waals surface area contributed by atoms with E-state index in [4.69, 9.17) is 10.00 Å². The molecule has 20 heavy (non-hydrogen) atoms. The van der Waals surface area contributed by atoms with E-state index in [1.165, 1.54) is 13.3 Å². The lowest BCUT2D eigenvalue weighted by atomic mass is 10.2. The molecule has 1 rings (SSSR count). The third kappa shape index (κ3) is 3.85. The van der Waals surface area contributed by atoms with Crippen LogP contribution in [0.1, 0.15) is 17.3 Å². The van der Waals surface area contributed by atoms with Crippen LogP contribution in [0.15, 0.2) is 36.0 Å². The number of hydrogen-bond donors (Lipinski definition) is 1. The Labute approximate surface area is 116 Å². The van der Waals surface area contributed by atoms with Crippen LogP contribution in [0.5, 0.6) is 0 Å². The number of anilines is 1. The minimum Gasteiger partial charge on any atom is -0.465 e. The first-order valence-corrected chi connectivity index (χ1v) is 5.85. The molecule has 0 saturated carbocycles. The third-order valence-electron chi connectivity index (χ3n) is 2.32. The van der Waals surface area contributed by atoms with Gasteiger partial charge in [0.1, 0.15) is 6.07 Å². The van der Waals surface area contributed by atoms with Gasteiger partial charge >= 0.3 is 11.9 Å². The van der Waals surface area contributed by atoms with Crippen LogP contribution in [0.25, 0.3) is 0 Å². The van der Waals surface area contributed by atoms with Gasteiger partial charge in [0.2, 0.25) is 0 Å². The SMILES string of the molecule is CCOC(=O)C(C#N)=CNc1ccccc1C(=O)OC. The fourth-order valence-electron chi connectivity index (χ4n) is 1.39. The summed E-state index contributed by atoms with van der Waals surface area (Å²) in [4.78, 5) is 23.0. The summed E-state index contributed by atoms with van der Waals surface area (Å²) in [5.74, 6) is -1.24. The molecule has 0 aliphatic heterocycles. The number of carbonyl (C=O) groups excluding carboxylic acids is 2. The average molecular weight is 274 g/mol. The van der Waals surface area contributed by atoms with E-state index in [0.29, 0.717) is 11.3 Å². The Bertz CT molecular complexity index is 573. The Kier molecular flexibility index (Phi) is 5.78. The number of ether oxygens (including phenoxy) is 2. The van der Waals surface area contributed by atoms with Crippen molar-refractivity contribution in [3.8, 4) is 6.07 Å². The number of benzene rings is 1. The Morgan fingerprint density at radius 1 is 1.40 bits per heavy atom. The van der Waals surface area contributed by atoms with Crippen LogP contribution in [-0.4, -0.2) is 25.7 Å². The normalized spacial score (nSPS) is 10.3. The first-order valence-electron chi connectivity index (χ1n) is 5.85. The Balaban J connectivity index is 2.96. The highest BCUT2D eigenvalue weighted by Crippen LogP contribution is 2.16. The average Bonchev–Trinajstić information content (AvgIpc) is 2.47. The van der Waals surface area contributed by atoms with Crippen LogP contribution in [-0.2, 0) is 14.3 Å². The van der Waals surface area contributed by atoms with E-state index >= 15 is 0 Å². The highest BCUT2D eigenvalue weighted by molar-refractivity contribution is 5.96. The van der Waals surface area contributed by atoms with Gasteiger partial charge in [-0.2, -0.15) is 5.26 Å². The zero-order valence-electron chi connectivity index (χ0n) is 11.2. The lowest BCUT2D eigenvalue weighted by Gasteiger charge is -2.07. The van der Waals surface area contributed by atoms with Crippen LogP contribution in [0.3, 0.4) is 0 Å². The van der Waals surface area contributed by atoms with Crippen molar-refractivity contribution in [1.82, 2.24) is 0 Å². The standard InChI is InChI=1S/C14H14N2O4/c1-3-20-13(17)10(8-15)9-16-12-7-5-4-6-11(12)14(18)19-2/h4-7,9,16H,3H2,1-2H3. The maximum Gasteiger partial charge on any atom is 0.350 e. The smallest absolute Gasteiger partial charge is 0.350 e. The highest BCUT2D eigenvalue weighted by atomic mass is 16.5. The van der Waals surface area contributed by atoms with Gasteiger partial charge in [0.25, 0.3) is 0 Å². The van der Waals surface area contributed by atoms with Crippen molar-refractivity contribution >= 4 is 17.6 Å². The molecule has 104 valence electrons. The van der Waals surface area contributed by atoms with Gasteiger partial charge in [0, 0.05) is 6.20 Å². The molecule has 1 N–H and O–H groups in total. The molecule has 0 bridgehead atoms. The molecule has 0 radical (unpaired) electrons. The van der Waals surface area contributed by atoms with Crippen molar-refractivity contribution in [2.45, 2.75) is 6.92 Å². The van der Waals surface area contributed by atoms with Gasteiger partial charge < -0.3 is 14.8 Å². The van der Waals surface area contributed by atoms with Crippen molar-refractivity contribution in [2.24, 2.45) is 0 Å². The first-order chi connectivity index (χ1) is 9.63. The summed E-state index contributed by atoms with van der Waals surface area (Å²) in [5, 5.41) is 11.6. The number of esters is 2. The molecule has 0 atom stereocenters. The number of methoxy groups -OCH3 is 1. The predicted octanol–water partition coefficient (Wildman–Crippen LogP) is 1.86. The number of nitrogens with one attached hydrogen (secondary N) is 1. The molecule has 0 spiro atoms. The second-order valence-corrected chi connectivity index (χ2v) is 3.57. The molecule has 0 heterocycles. The number of para-hydroxylation sites is 1. The largest absolute Gasteiger partial charge is 0.465 e. The molecular weight excluding hydrogens is 260 g/mol. The van der Waals surface area contributed by atoms with Crippen LogP contribution in [0.2, 0.25) is 0 Å². The maximum absolute atomic E-state index is 11.5. The van der Waals surface area contributed by atoms with Crippen LogP contribution in [0, 0.1) is 11.3 Å². The van der Waals surface area contributed by atoms with Crippen LogP contribution < -0.4 is 5.32 Å². The minimum absolute atomic E-state index is 0.177. The number of nitriles is 1. The van der Waals surface area contributed by atoms with Gasteiger partial charge in [0.15, 0.2) is 5.57 Å². The molecule has 1 aromatic rings. The lowest BCUT2D eigenvalue weighted by molar-refractivity contribution is -0.138. The number of nitrogens with zero attached hydrogens (tertiary/aromatic N) is 1. The molecule has 0 amide bonds. The van der Waals surface area contributed by atoms with E-state index in [1.807, 2.05) is 0 Å². The fraction of sp³-hybridized carbons (Fsp3) is 0.214. The van der Waals surface area contributed by atoms with E-state index in [2.05, 4.69) is 10.1 Å². The van der Waals surface area contributed by atoms with Gasteiger partial charge in [0.05, 0.1) is 25.0 Å². The van der Waals surface area contributed by atoms with Crippen LogP contribution >= 0.6 is 0 Å². The first kappa shape index (κ1) is 15.2. The molecule has 0 aliphatic rings. The molecule has 1 aromatic carbocycles.